The molecule has 0 saturated heterocycles. The van der Waals surface area contributed by atoms with Crippen LogP contribution in [-0.4, -0.2) is 15.0 Å². The van der Waals surface area contributed by atoms with Gasteiger partial charge >= 0.3 is 0 Å². The van der Waals surface area contributed by atoms with Crippen molar-refractivity contribution in [2.75, 3.05) is 0 Å². The number of rotatable bonds is 4. The van der Waals surface area contributed by atoms with Crippen LogP contribution in [0.25, 0.3) is 56.1 Å². The van der Waals surface area contributed by atoms with E-state index in [0.717, 1.165) is 33.0 Å². The molecule has 0 fully saturated rings. The average Bonchev–Trinajstić information content (AvgIpc) is 2.93. The first kappa shape index (κ1) is 20.9. The zero-order valence-corrected chi connectivity index (χ0v) is 18.8. The second-order valence-electron chi connectivity index (χ2n) is 8.29. The molecular formula is C31H20FN3. The standard InChI is InChI=1S/C31H20FN3/c32-26-19-24(28-17-9-15-21-10-7-8-16-27(21)28)18-25(20-26)31-34-29(22-11-3-1-4-12-22)33-30(35-31)23-13-5-2-6-14-23/h1-20H. The summed E-state index contributed by atoms with van der Waals surface area (Å²) in [5, 5.41) is 2.17. The zero-order valence-electron chi connectivity index (χ0n) is 18.8. The van der Waals surface area contributed by atoms with Crippen molar-refractivity contribution < 1.29 is 4.39 Å². The Morgan fingerprint density at radius 2 is 0.943 bits per heavy atom. The van der Waals surface area contributed by atoms with Crippen LogP contribution in [0.2, 0.25) is 0 Å². The van der Waals surface area contributed by atoms with Crippen LogP contribution in [0.15, 0.2) is 121 Å². The fraction of sp³-hybridized carbons (Fsp3) is 0. The van der Waals surface area contributed by atoms with Gasteiger partial charge in [0.15, 0.2) is 17.5 Å². The van der Waals surface area contributed by atoms with E-state index in [9.17, 15) is 4.39 Å². The van der Waals surface area contributed by atoms with Crippen LogP contribution in [0.4, 0.5) is 4.39 Å². The van der Waals surface area contributed by atoms with E-state index in [4.69, 9.17) is 15.0 Å². The molecule has 0 radical (unpaired) electrons. The van der Waals surface area contributed by atoms with Crippen molar-refractivity contribution in [2.45, 2.75) is 0 Å². The monoisotopic (exact) mass is 453 g/mol. The van der Waals surface area contributed by atoms with E-state index >= 15 is 0 Å². The maximum Gasteiger partial charge on any atom is 0.164 e. The lowest BCUT2D eigenvalue weighted by molar-refractivity contribution is 0.628. The highest BCUT2D eigenvalue weighted by Crippen LogP contribution is 2.32. The van der Waals surface area contributed by atoms with E-state index in [1.807, 2.05) is 91.0 Å². The first-order valence-corrected chi connectivity index (χ1v) is 11.4. The maximum absolute atomic E-state index is 15.0. The largest absolute Gasteiger partial charge is 0.208 e. The van der Waals surface area contributed by atoms with Crippen molar-refractivity contribution in [3.8, 4) is 45.3 Å². The third-order valence-electron chi connectivity index (χ3n) is 5.96. The molecule has 0 unspecified atom stereocenters. The van der Waals surface area contributed by atoms with Crippen LogP contribution < -0.4 is 0 Å². The van der Waals surface area contributed by atoms with Gasteiger partial charge in [0, 0.05) is 16.7 Å². The summed E-state index contributed by atoms with van der Waals surface area (Å²) in [6, 6.07) is 38.7. The highest BCUT2D eigenvalue weighted by molar-refractivity contribution is 5.97. The first-order chi connectivity index (χ1) is 17.2. The van der Waals surface area contributed by atoms with Crippen molar-refractivity contribution >= 4 is 10.8 Å². The summed E-state index contributed by atoms with van der Waals surface area (Å²) < 4.78 is 15.0. The predicted molar refractivity (Wildman–Crippen MR) is 139 cm³/mol. The van der Waals surface area contributed by atoms with Crippen LogP contribution >= 0.6 is 0 Å². The number of halogens is 1. The highest BCUT2D eigenvalue weighted by atomic mass is 19.1. The van der Waals surface area contributed by atoms with Gasteiger partial charge < -0.3 is 0 Å². The van der Waals surface area contributed by atoms with E-state index in [-0.39, 0.29) is 5.82 Å². The molecule has 166 valence electrons. The molecule has 0 atom stereocenters. The Balaban J connectivity index is 1.55. The minimum absolute atomic E-state index is 0.339. The minimum Gasteiger partial charge on any atom is -0.208 e. The molecule has 0 aliphatic heterocycles. The minimum atomic E-state index is -0.339. The number of benzene rings is 5. The maximum atomic E-state index is 15.0. The molecular weight excluding hydrogens is 433 g/mol. The van der Waals surface area contributed by atoms with E-state index < -0.39 is 0 Å². The number of hydrogen-bond donors (Lipinski definition) is 0. The SMILES string of the molecule is Fc1cc(-c2nc(-c3ccccc3)nc(-c3ccccc3)n2)cc(-c2cccc3ccccc23)c1. The fourth-order valence-electron chi connectivity index (χ4n) is 4.29. The van der Waals surface area contributed by atoms with Gasteiger partial charge in [-0.3, -0.25) is 0 Å². The van der Waals surface area contributed by atoms with Crippen molar-refractivity contribution in [3.05, 3.63) is 127 Å². The van der Waals surface area contributed by atoms with Gasteiger partial charge in [0.05, 0.1) is 0 Å². The summed E-state index contributed by atoms with van der Waals surface area (Å²) in [5.74, 6) is 1.18. The molecule has 0 bridgehead atoms. The van der Waals surface area contributed by atoms with Crippen LogP contribution in [0, 0.1) is 5.82 Å². The Labute approximate surface area is 202 Å². The molecule has 0 N–H and O–H groups in total. The van der Waals surface area contributed by atoms with Crippen LogP contribution in [-0.2, 0) is 0 Å². The summed E-state index contributed by atoms with van der Waals surface area (Å²) in [7, 11) is 0. The quantitative estimate of drug-likeness (QED) is 0.273. The Bertz CT molecular complexity index is 1580. The van der Waals surface area contributed by atoms with Crippen LogP contribution in [0.3, 0.4) is 0 Å². The van der Waals surface area contributed by atoms with Gasteiger partial charge in [0.2, 0.25) is 0 Å². The Hall–Kier alpha value is -4.70. The van der Waals surface area contributed by atoms with Gasteiger partial charge in [-0.05, 0) is 40.1 Å². The smallest absolute Gasteiger partial charge is 0.164 e. The molecule has 3 nitrogen and oxygen atoms in total. The van der Waals surface area contributed by atoms with E-state index in [0.29, 0.717) is 23.0 Å². The Morgan fingerprint density at radius 3 is 1.60 bits per heavy atom. The third-order valence-corrected chi connectivity index (χ3v) is 5.96. The van der Waals surface area contributed by atoms with Crippen molar-refractivity contribution in [1.29, 1.82) is 0 Å². The van der Waals surface area contributed by atoms with Gasteiger partial charge in [-0.15, -0.1) is 0 Å². The molecule has 0 aliphatic carbocycles. The van der Waals surface area contributed by atoms with Gasteiger partial charge in [-0.1, -0.05) is 103 Å². The molecule has 1 aromatic heterocycles. The number of fused-ring (bicyclic) bond motifs is 1. The number of nitrogens with zero attached hydrogens (tertiary/aromatic N) is 3. The molecule has 5 aromatic carbocycles. The van der Waals surface area contributed by atoms with Crippen molar-refractivity contribution in [1.82, 2.24) is 15.0 Å². The summed E-state index contributed by atoms with van der Waals surface area (Å²) in [5.41, 5.74) is 4.09. The lowest BCUT2D eigenvalue weighted by Crippen LogP contribution is -2.00. The molecule has 35 heavy (non-hydrogen) atoms. The predicted octanol–water partition coefficient (Wildman–Crippen LogP) is 7.83. The zero-order chi connectivity index (χ0) is 23.6. The topological polar surface area (TPSA) is 38.7 Å². The average molecular weight is 454 g/mol. The molecule has 1 heterocycles. The molecule has 4 heteroatoms. The van der Waals surface area contributed by atoms with Crippen LogP contribution in [0.5, 0.6) is 0 Å². The van der Waals surface area contributed by atoms with Gasteiger partial charge in [-0.25, -0.2) is 19.3 Å². The molecule has 6 rings (SSSR count). The highest BCUT2D eigenvalue weighted by Gasteiger charge is 2.14. The van der Waals surface area contributed by atoms with E-state index in [1.165, 1.54) is 6.07 Å². The van der Waals surface area contributed by atoms with E-state index in [1.54, 1.807) is 6.07 Å². The number of hydrogen-bond acceptors (Lipinski definition) is 3. The van der Waals surface area contributed by atoms with Gasteiger partial charge in [0.1, 0.15) is 5.82 Å². The summed E-state index contributed by atoms with van der Waals surface area (Å²) in [4.78, 5) is 14.2. The van der Waals surface area contributed by atoms with Gasteiger partial charge in [0.25, 0.3) is 0 Å². The normalized spacial score (nSPS) is 11.0. The van der Waals surface area contributed by atoms with E-state index in [2.05, 4.69) is 18.2 Å². The summed E-state index contributed by atoms with van der Waals surface area (Å²) in [6.45, 7) is 0. The second-order valence-corrected chi connectivity index (χ2v) is 8.29. The van der Waals surface area contributed by atoms with Crippen molar-refractivity contribution in [3.63, 3.8) is 0 Å². The Kier molecular flexibility index (Phi) is 5.32. The summed E-state index contributed by atoms with van der Waals surface area (Å²) >= 11 is 0. The second kappa shape index (κ2) is 8.92. The van der Waals surface area contributed by atoms with Gasteiger partial charge in [-0.2, -0.15) is 0 Å². The van der Waals surface area contributed by atoms with Crippen LogP contribution in [0.1, 0.15) is 0 Å². The Morgan fingerprint density at radius 1 is 0.429 bits per heavy atom. The lowest BCUT2D eigenvalue weighted by Gasteiger charge is -2.11. The molecule has 0 spiro atoms. The molecule has 6 aromatic rings. The first-order valence-electron chi connectivity index (χ1n) is 11.4. The summed E-state index contributed by atoms with van der Waals surface area (Å²) in [6.07, 6.45) is 0. The fourth-order valence-corrected chi connectivity index (χ4v) is 4.29. The molecule has 0 amide bonds. The third kappa shape index (κ3) is 4.18. The molecule has 0 aliphatic rings. The lowest BCUT2D eigenvalue weighted by atomic mass is 9.96. The molecule has 0 saturated carbocycles. The number of aromatic nitrogens is 3. The van der Waals surface area contributed by atoms with Crippen molar-refractivity contribution in [2.24, 2.45) is 0 Å².